The summed E-state index contributed by atoms with van der Waals surface area (Å²) in [5.74, 6) is -1.37. The number of nitrogens with zero attached hydrogens (tertiary/aromatic N) is 1. The maximum absolute atomic E-state index is 12.2. The summed E-state index contributed by atoms with van der Waals surface area (Å²) in [6, 6.07) is 7.17. The molecule has 5 nitrogen and oxygen atoms in total. The molecular formula is C15H7ClF3NO4. The minimum absolute atomic E-state index is 0.0256. The van der Waals surface area contributed by atoms with Crippen molar-refractivity contribution >= 4 is 22.7 Å². The van der Waals surface area contributed by atoms with Crippen molar-refractivity contribution in [2.45, 2.75) is 6.36 Å². The van der Waals surface area contributed by atoms with Crippen LogP contribution < -0.4 is 10.2 Å². The first-order chi connectivity index (χ1) is 11.2. The van der Waals surface area contributed by atoms with Crippen LogP contribution in [0.2, 0.25) is 5.15 Å². The molecule has 0 aliphatic carbocycles. The zero-order valence-electron chi connectivity index (χ0n) is 11.6. The Morgan fingerprint density at radius 1 is 1.12 bits per heavy atom. The van der Waals surface area contributed by atoms with Gasteiger partial charge in [0.1, 0.15) is 10.9 Å². The standard InChI is InChI=1S/C15H7ClF3NO4/c16-10-6-5-9-11(21)12(22)13(23-14(9)20-10)7-1-3-8(4-2-7)24-15(17,18)19/h1-6,22H. The lowest BCUT2D eigenvalue weighted by Crippen LogP contribution is -2.16. The van der Waals surface area contributed by atoms with Gasteiger partial charge < -0.3 is 14.3 Å². The Bertz CT molecular complexity index is 967. The SMILES string of the molecule is O=c1c(O)c(-c2ccc(OC(F)(F)F)cc2)oc2nc(Cl)ccc12. The lowest BCUT2D eigenvalue weighted by Gasteiger charge is -2.09. The first-order valence-corrected chi connectivity index (χ1v) is 6.81. The van der Waals surface area contributed by atoms with Crippen LogP contribution >= 0.6 is 11.6 Å². The predicted molar refractivity (Wildman–Crippen MR) is 79.1 cm³/mol. The number of hydrogen-bond acceptors (Lipinski definition) is 5. The summed E-state index contributed by atoms with van der Waals surface area (Å²) in [4.78, 5) is 16.0. The molecule has 3 aromatic rings. The Hall–Kier alpha value is -2.74. The number of halogens is 4. The highest BCUT2D eigenvalue weighted by molar-refractivity contribution is 6.29. The molecule has 1 N–H and O–H groups in total. The van der Waals surface area contributed by atoms with E-state index in [1.807, 2.05) is 0 Å². The first kappa shape index (κ1) is 16.1. The molecule has 0 saturated heterocycles. The quantitative estimate of drug-likeness (QED) is 0.699. The fourth-order valence-electron chi connectivity index (χ4n) is 2.05. The molecule has 9 heteroatoms. The molecule has 0 unspecified atom stereocenters. The molecule has 0 amide bonds. The van der Waals surface area contributed by atoms with Gasteiger partial charge in [0.2, 0.25) is 16.9 Å². The van der Waals surface area contributed by atoms with Crippen molar-refractivity contribution in [2.75, 3.05) is 0 Å². The molecule has 2 heterocycles. The molecule has 0 spiro atoms. The molecule has 1 aromatic carbocycles. The van der Waals surface area contributed by atoms with Crippen LogP contribution in [0.4, 0.5) is 13.2 Å². The van der Waals surface area contributed by atoms with Crippen molar-refractivity contribution in [3.05, 3.63) is 51.8 Å². The number of rotatable bonds is 2. The molecule has 2 aromatic heterocycles. The zero-order valence-corrected chi connectivity index (χ0v) is 12.4. The van der Waals surface area contributed by atoms with Crippen LogP contribution in [0.5, 0.6) is 11.5 Å². The molecule has 0 saturated carbocycles. The molecule has 0 aliphatic heterocycles. The van der Waals surface area contributed by atoms with Crippen LogP contribution in [0.15, 0.2) is 45.6 Å². The number of aromatic nitrogens is 1. The van der Waals surface area contributed by atoms with E-state index in [4.69, 9.17) is 16.0 Å². The van der Waals surface area contributed by atoms with Crippen molar-refractivity contribution in [3.8, 4) is 22.8 Å². The Morgan fingerprint density at radius 2 is 1.79 bits per heavy atom. The normalized spacial score (nSPS) is 11.7. The molecular weight excluding hydrogens is 351 g/mol. The summed E-state index contributed by atoms with van der Waals surface area (Å²) < 4.78 is 45.6. The summed E-state index contributed by atoms with van der Waals surface area (Å²) in [6.07, 6.45) is -4.82. The molecule has 0 aliphatic rings. The van der Waals surface area contributed by atoms with Gasteiger partial charge in [-0.1, -0.05) is 11.6 Å². The van der Waals surface area contributed by atoms with Crippen LogP contribution in [-0.4, -0.2) is 16.5 Å². The van der Waals surface area contributed by atoms with E-state index in [1.165, 1.54) is 24.3 Å². The average molecular weight is 358 g/mol. The number of aromatic hydroxyl groups is 1. The van der Waals surface area contributed by atoms with Crippen LogP contribution in [0, 0.1) is 0 Å². The smallest absolute Gasteiger partial charge is 0.502 e. The average Bonchev–Trinajstić information content (AvgIpc) is 2.50. The highest BCUT2D eigenvalue weighted by Crippen LogP contribution is 2.32. The van der Waals surface area contributed by atoms with Gasteiger partial charge in [-0.05, 0) is 36.4 Å². The number of benzene rings is 1. The van der Waals surface area contributed by atoms with Crippen molar-refractivity contribution in [1.82, 2.24) is 4.98 Å². The summed E-state index contributed by atoms with van der Waals surface area (Å²) in [5, 5.41) is 10.1. The second kappa shape index (κ2) is 5.72. The maximum atomic E-state index is 12.2. The highest BCUT2D eigenvalue weighted by atomic mass is 35.5. The molecule has 0 radical (unpaired) electrons. The van der Waals surface area contributed by atoms with Crippen molar-refractivity contribution in [3.63, 3.8) is 0 Å². The Morgan fingerprint density at radius 3 is 2.42 bits per heavy atom. The molecule has 0 atom stereocenters. The molecule has 0 bridgehead atoms. The third kappa shape index (κ3) is 3.13. The fraction of sp³-hybridized carbons (Fsp3) is 0.0667. The van der Waals surface area contributed by atoms with Crippen molar-refractivity contribution < 1.29 is 27.4 Å². The highest BCUT2D eigenvalue weighted by Gasteiger charge is 2.31. The summed E-state index contributed by atoms with van der Waals surface area (Å²) in [5.41, 5.74) is -0.662. The van der Waals surface area contributed by atoms with Crippen LogP contribution in [0.1, 0.15) is 0 Å². The van der Waals surface area contributed by atoms with Gasteiger partial charge in [-0.25, -0.2) is 4.98 Å². The van der Waals surface area contributed by atoms with Crippen molar-refractivity contribution in [1.29, 1.82) is 0 Å². The lowest BCUT2D eigenvalue weighted by atomic mass is 10.1. The van der Waals surface area contributed by atoms with Gasteiger partial charge >= 0.3 is 6.36 Å². The van der Waals surface area contributed by atoms with E-state index < -0.39 is 23.3 Å². The number of fused-ring (bicyclic) bond motifs is 1. The van der Waals surface area contributed by atoms with Crippen LogP contribution in [0.25, 0.3) is 22.4 Å². The monoisotopic (exact) mass is 357 g/mol. The van der Waals surface area contributed by atoms with Gasteiger partial charge in [0.15, 0.2) is 5.76 Å². The minimum Gasteiger partial charge on any atom is -0.502 e. The lowest BCUT2D eigenvalue weighted by molar-refractivity contribution is -0.274. The van der Waals surface area contributed by atoms with E-state index in [2.05, 4.69) is 9.72 Å². The van der Waals surface area contributed by atoms with Gasteiger partial charge in [0.05, 0.1) is 5.39 Å². The van der Waals surface area contributed by atoms with E-state index in [1.54, 1.807) is 0 Å². The van der Waals surface area contributed by atoms with Gasteiger partial charge in [-0.2, -0.15) is 0 Å². The van der Waals surface area contributed by atoms with E-state index in [9.17, 15) is 23.1 Å². The minimum atomic E-state index is -4.82. The molecule has 24 heavy (non-hydrogen) atoms. The predicted octanol–water partition coefficient (Wildman–Crippen LogP) is 4.11. The number of pyridine rings is 1. The topological polar surface area (TPSA) is 72.6 Å². The Balaban J connectivity index is 2.09. The van der Waals surface area contributed by atoms with Gasteiger partial charge in [-0.3, -0.25) is 4.79 Å². The Labute approximate surface area is 136 Å². The summed E-state index contributed by atoms with van der Waals surface area (Å²) in [7, 11) is 0. The van der Waals surface area contributed by atoms with E-state index in [0.717, 1.165) is 12.1 Å². The van der Waals surface area contributed by atoms with Gasteiger partial charge in [0, 0.05) is 5.56 Å². The van der Waals surface area contributed by atoms with Gasteiger partial charge in [-0.15, -0.1) is 13.2 Å². The first-order valence-electron chi connectivity index (χ1n) is 6.43. The van der Waals surface area contributed by atoms with Gasteiger partial charge in [0.25, 0.3) is 0 Å². The fourth-order valence-corrected chi connectivity index (χ4v) is 2.19. The summed E-state index contributed by atoms with van der Waals surface area (Å²) in [6.45, 7) is 0. The van der Waals surface area contributed by atoms with Crippen LogP contribution in [0.3, 0.4) is 0 Å². The van der Waals surface area contributed by atoms with Crippen LogP contribution in [-0.2, 0) is 0 Å². The number of alkyl halides is 3. The maximum Gasteiger partial charge on any atom is 0.573 e. The number of hydrogen-bond donors (Lipinski definition) is 1. The van der Waals surface area contributed by atoms with Crippen molar-refractivity contribution in [2.24, 2.45) is 0 Å². The Kier molecular flexibility index (Phi) is 3.84. The second-order valence-corrected chi connectivity index (χ2v) is 5.06. The third-order valence-electron chi connectivity index (χ3n) is 3.05. The third-order valence-corrected chi connectivity index (χ3v) is 3.26. The van der Waals surface area contributed by atoms with E-state index in [-0.39, 0.29) is 27.6 Å². The molecule has 124 valence electrons. The summed E-state index contributed by atoms with van der Waals surface area (Å²) >= 11 is 5.73. The molecule has 0 fully saturated rings. The zero-order chi connectivity index (χ0) is 17.5. The second-order valence-electron chi connectivity index (χ2n) is 4.67. The number of ether oxygens (including phenoxy) is 1. The van der Waals surface area contributed by atoms with E-state index in [0.29, 0.717) is 0 Å². The van der Waals surface area contributed by atoms with E-state index >= 15 is 0 Å². The molecule has 3 rings (SSSR count). The largest absolute Gasteiger partial charge is 0.573 e.